The van der Waals surface area contributed by atoms with Crippen LogP contribution in [0, 0.1) is 0 Å². The zero-order valence-corrected chi connectivity index (χ0v) is 13.9. The highest BCUT2D eigenvalue weighted by Gasteiger charge is 2.19. The van der Waals surface area contributed by atoms with E-state index in [4.69, 9.17) is 16.3 Å². The Morgan fingerprint density at radius 1 is 1.23 bits per heavy atom. The zero-order chi connectivity index (χ0) is 16.1. The van der Waals surface area contributed by atoms with Crippen LogP contribution in [0.1, 0.15) is 17.3 Å². The lowest BCUT2D eigenvalue weighted by molar-refractivity contribution is -0.123. The topological polar surface area (TPSA) is 68.3 Å². The van der Waals surface area contributed by atoms with Gasteiger partial charge >= 0.3 is 5.97 Å². The summed E-state index contributed by atoms with van der Waals surface area (Å²) in [6.07, 6.45) is 0.358. The van der Waals surface area contributed by atoms with Gasteiger partial charge in [0.2, 0.25) is 0 Å². The number of rotatable bonds is 4. The maximum Gasteiger partial charge on any atom is 0.340 e. The number of nitrogens with zero attached hydrogens (tertiary/aromatic N) is 1. The van der Waals surface area contributed by atoms with Crippen molar-refractivity contribution < 1.29 is 14.3 Å². The van der Waals surface area contributed by atoms with Gasteiger partial charge in [-0.25, -0.2) is 9.78 Å². The van der Waals surface area contributed by atoms with Crippen LogP contribution in [0.5, 0.6) is 0 Å². The fraction of sp³-hybridized carbons (Fsp3) is 0.133. The number of hydrogen-bond donors (Lipinski definition) is 1. The molecule has 5 nitrogen and oxygen atoms in total. The molecule has 1 heterocycles. The first-order valence-corrected chi connectivity index (χ1v) is 7.52. The van der Waals surface area contributed by atoms with Gasteiger partial charge in [0.05, 0.1) is 5.56 Å². The normalized spacial score (nSPS) is 11.6. The summed E-state index contributed by atoms with van der Waals surface area (Å²) in [6.45, 7) is 1.50. The van der Waals surface area contributed by atoms with Crippen molar-refractivity contribution in [2.75, 3.05) is 5.32 Å². The van der Waals surface area contributed by atoms with E-state index in [0.29, 0.717) is 5.69 Å². The standard InChI is InChI=1S/C15H12BrClN2O3/c1-9(14(20)19-12-5-3-11(16)4-6-12)22-15(21)10-2-7-13(17)18-8-10/h2-9H,1H3,(H,19,20)/t9-/m1/s1. The number of hydrogen-bond acceptors (Lipinski definition) is 4. The van der Waals surface area contributed by atoms with Crippen LogP contribution in [0.4, 0.5) is 5.69 Å². The third-order valence-corrected chi connectivity index (χ3v) is 3.48. The van der Waals surface area contributed by atoms with E-state index in [1.807, 2.05) is 0 Å². The van der Waals surface area contributed by atoms with E-state index in [1.165, 1.54) is 25.3 Å². The number of esters is 1. The predicted molar refractivity (Wildman–Crippen MR) is 86.9 cm³/mol. The largest absolute Gasteiger partial charge is 0.449 e. The molecule has 0 fully saturated rings. The van der Waals surface area contributed by atoms with Crippen molar-refractivity contribution >= 4 is 45.1 Å². The van der Waals surface area contributed by atoms with Gasteiger partial charge in [0, 0.05) is 16.4 Å². The Kier molecular flexibility index (Phi) is 5.51. The highest BCUT2D eigenvalue weighted by Crippen LogP contribution is 2.15. The lowest BCUT2D eigenvalue weighted by Crippen LogP contribution is -2.30. The summed E-state index contributed by atoms with van der Waals surface area (Å²) in [4.78, 5) is 27.6. The number of benzene rings is 1. The lowest BCUT2D eigenvalue weighted by atomic mass is 10.2. The van der Waals surface area contributed by atoms with Crippen LogP contribution >= 0.6 is 27.5 Å². The maximum absolute atomic E-state index is 12.0. The van der Waals surface area contributed by atoms with Crippen LogP contribution in [0.2, 0.25) is 5.15 Å². The van der Waals surface area contributed by atoms with Crippen molar-refractivity contribution in [1.82, 2.24) is 4.98 Å². The molecule has 1 aromatic heterocycles. The number of pyridine rings is 1. The molecule has 22 heavy (non-hydrogen) atoms. The summed E-state index contributed by atoms with van der Waals surface area (Å²) >= 11 is 8.95. The molecule has 0 unspecified atom stereocenters. The highest BCUT2D eigenvalue weighted by atomic mass is 79.9. The fourth-order valence-electron chi connectivity index (χ4n) is 1.56. The Labute approximate surface area is 140 Å². The van der Waals surface area contributed by atoms with Gasteiger partial charge < -0.3 is 10.1 Å². The minimum Gasteiger partial charge on any atom is -0.449 e. The molecule has 0 bridgehead atoms. The van der Waals surface area contributed by atoms with Crippen molar-refractivity contribution in [3.63, 3.8) is 0 Å². The van der Waals surface area contributed by atoms with Crippen LogP contribution < -0.4 is 5.32 Å². The fourth-order valence-corrected chi connectivity index (χ4v) is 1.93. The molecule has 0 saturated heterocycles. The third-order valence-electron chi connectivity index (χ3n) is 2.73. The smallest absolute Gasteiger partial charge is 0.340 e. The summed E-state index contributed by atoms with van der Waals surface area (Å²) in [5.41, 5.74) is 0.844. The molecule has 2 rings (SSSR count). The lowest BCUT2D eigenvalue weighted by Gasteiger charge is -2.13. The van der Waals surface area contributed by atoms with Crippen molar-refractivity contribution in [2.45, 2.75) is 13.0 Å². The van der Waals surface area contributed by atoms with Crippen LogP contribution in [-0.4, -0.2) is 23.0 Å². The first kappa shape index (κ1) is 16.5. The molecule has 0 saturated carbocycles. The van der Waals surface area contributed by atoms with E-state index in [1.54, 1.807) is 24.3 Å². The Bertz CT molecular complexity index is 674. The minimum absolute atomic E-state index is 0.229. The molecular formula is C15H12BrClN2O3. The first-order chi connectivity index (χ1) is 10.5. The molecule has 7 heteroatoms. The monoisotopic (exact) mass is 382 g/mol. The quantitative estimate of drug-likeness (QED) is 0.646. The maximum atomic E-state index is 12.0. The van der Waals surface area contributed by atoms with Crippen LogP contribution in [0.3, 0.4) is 0 Å². The summed E-state index contributed by atoms with van der Waals surface area (Å²) in [5, 5.41) is 2.94. The zero-order valence-electron chi connectivity index (χ0n) is 11.5. The molecular weight excluding hydrogens is 372 g/mol. The highest BCUT2D eigenvalue weighted by molar-refractivity contribution is 9.10. The number of ether oxygens (including phenoxy) is 1. The average molecular weight is 384 g/mol. The second-order valence-corrected chi connectivity index (χ2v) is 5.72. The van der Waals surface area contributed by atoms with Gasteiger partial charge in [-0.3, -0.25) is 4.79 Å². The second-order valence-electron chi connectivity index (χ2n) is 4.41. The summed E-state index contributed by atoms with van der Waals surface area (Å²) in [6, 6.07) is 10.0. The minimum atomic E-state index is -0.938. The molecule has 1 N–H and O–H groups in total. The molecule has 1 atom stereocenters. The van der Waals surface area contributed by atoms with Crippen molar-refractivity contribution in [3.8, 4) is 0 Å². The van der Waals surface area contributed by atoms with Gasteiger partial charge in [0.25, 0.3) is 5.91 Å². The van der Waals surface area contributed by atoms with Crippen LogP contribution in [0.15, 0.2) is 47.1 Å². The summed E-state index contributed by atoms with van der Waals surface area (Å²) in [5.74, 6) is -1.06. The summed E-state index contributed by atoms with van der Waals surface area (Å²) in [7, 11) is 0. The number of nitrogens with one attached hydrogen (secondary N) is 1. The van der Waals surface area contributed by atoms with Crippen molar-refractivity contribution in [2.24, 2.45) is 0 Å². The van der Waals surface area contributed by atoms with Crippen molar-refractivity contribution in [3.05, 3.63) is 57.8 Å². The predicted octanol–water partition coefficient (Wildman–Crippen LogP) is 3.68. The molecule has 0 radical (unpaired) electrons. The number of halogens is 2. The van der Waals surface area contributed by atoms with E-state index in [9.17, 15) is 9.59 Å². The molecule has 0 spiro atoms. The molecule has 0 aliphatic rings. The summed E-state index contributed by atoms with van der Waals surface area (Å²) < 4.78 is 5.99. The number of anilines is 1. The van der Waals surface area contributed by atoms with E-state index in [-0.39, 0.29) is 10.7 Å². The van der Waals surface area contributed by atoms with E-state index < -0.39 is 18.0 Å². The van der Waals surface area contributed by atoms with E-state index in [0.717, 1.165) is 4.47 Å². The van der Waals surface area contributed by atoms with Gasteiger partial charge in [-0.05, 0) is 43.3 Å². The third kappa shape index (κ3) is 4.54. The SMILES string of the molecule is C[C@@H](OC(=O)c1ccc(Cl)nc1)C(=O)Nc1ccc(Br)cc1. The first-order valence-electron chi connectivity index (χ1n) is 6.34. The van der Waals surface area contributed by atoms with Gasteiger partial charge in [-0.15, -0.1) is 0 Å². The van der Waals surface area contributed by atoms with Crippen LogP contribution in [0.25, 0.3) is 0 Å². The van der Waals surface area contributed by atoms with Gasteiger partial charge in [0.15, 0.2) is 6.10 Å². The Hall–Kier alpha value is -1.92. The number of aromatic nitrogens is 1. The number of carbonyl (C=O) groups is 2. The Morgan fingerprint density at radius 2 is 1.91 bits per heavy atom. The second kappa shape index (κ2) is 7.38. The number of carbonyl (C=O) groups excluding carboxylic acids is 2. The van der Waals surface area contributed by atoms with Gasteiger partial charge in [0.1, 0.15) is 5.15 Å². The van der Waals surface area contributed by atoms with Crippen molar-refractivity contribution in [1.29, 1.82) is 0 Å². The van der Waals surface area contributed by atoms with Crippen LogP contribution in [-0.2, 0) is 9.53 Å². The molecule has 1 amide bonds. The van der Waals surface area contributed by atoms with E-state index >= 15 is 0 Å². The number of amides is 1. The molecule has 0 aliphatic heterocycles. The van der Waals surface area contributed by atoms with Gasteiger partial charge in [-0.2, -0.15) is 0 Å². The average Bonchev–Trinajstić information content (AvgIpc) is 2.50. The Morgan fingerprint density at radius 3 is 2.50 bits per heavy atom. The molecule has 1 aromatic carbocycles. The molecule has 2 aromatic rings. The Balaban J connectivity index is 1.94. The molecule has 114 valence electrons. The van der Waals surface area contributed by atoms with E-state index in [2.05, 4.69) is 26.2 Å². The van der Waals surface area contributed by atoms with Gasteiger partial charge in [-0.1, -0.05) is 27.5 Å². The molecule has 0 aliphatic carbocycles.